The lowest BCUT2D eigenvalue weighted by Gasteiger charge is -2.39. The van der Waals surface area contributed by atoms with Crippen molar-refractivity contribution in [1.29, 1.82) is 0 Å². The van der Waals surface area contributed by atoms with Crippen LogP contribution in [0.2, 0.25) is 5.02 Å². The average molecular weight is 593 g/mol. The van der Waals surface area contributed by atoms with Crippen molar-refractivity contribution in [3.05, 3.63) is 64.4 Å². The second kappa shape index (κ2) is 14.1. The summed E-state index contributed by atoms with van der Waals surface area (Å²) in [7, 11) is 0. The van der Waals surface area contributed by atoms with Gasteiger partial charge < -0.3 is 14.2 Å². The molecule has 3 fully saturated rings. The number of hydrogen-bond acceptors (Lipinski definition) is 3. The van der Waals surface area contributed by atoms with E-state index in [1.165, 1.54) is 31.4 Å². The van der Waals surface area contributed by atoms with Crippen LogP contribution in [-0.4, -0.2) is 19.3 Å². The van der Waals surface area contributed by atoms with Gasteiger partial charge in [0.25, 0.3) is 0 Å². The van der Waals surface area contributed by atoms with Crippen LogP contribution in [0.25, 0.3) is 0 Å². The highest BCUT2D eigenvalue weighted by Crippen LogP contribution is 2.47. The molecule has 2 aliphatic carbocycles. The molecule has 0 unspecified atom stereocenters. The monoisotopic (exact) mass is 592 g/mol. The van der Waals surface area contributed by atoms with Gasteiger partial charge in [-0.15, -0.1) is 0 Å². The first-order chi connectivity index (χ1) is 19.8. The highest BCUT2D eigenvalue weighted by molar-refractivity contribution is 6.30. The molecular weight excluding hydrogens is 549 g/mol. The SMILES string of the molecule is CCCCCC1COC(c2ccc(C3CCC(C4CCC(C(F)(F)Oc5ccc(Cl)cc5)CC4)CC3)c(F)c2)OC1. The van der Waals surface area contributed by atoms with Crippen molar-refractivity contribution in [1.82, 2.24) is 0 Å². The maximum absolute atomic E-state index is 15.3. The molecule has 2 aromatic carbocycles. The van der Waals surface area contributed by atoms with Crippen molar-refractivity contribution in [3.63, 3.8) is 0 Å². The standard InChI is InChI=1S/C34H44ClF3O3/c1-2-3-4-5-23-21-39-33(40-22-23)27-12-19-31(32(36)20-27)26-8-6-24(7-9-26)25-10-13-28(14-11-25)34(37,38)41-30-17-15-29(35)16-18-30/h12,15-20,23-26,28,33H,2-11,13-14,21-22H2,1H3. The largest absolute Gasteiger partial charge is 0.432 e. The first kappa shape index (κ1) is 30.7. The van der Waals surface area contributed by atoms with E-state index in [-0.39, 0.29) is 17.5 Å². The third kappa shape index (κ3) is 8.00. The Labute approximate surface area is 248 Å². The van der Waals surface area contributed by atoms with Gasteiger partial charge in [0.15, 0.2) is 6.29 Å². The lowest BCUT2D eigenvalue weighted by atomic mass is 9.68. The highest BCUT2D eigenvalue weighted by Gasteiger charge is 2.45. The van der Waals surface area contributed by atoms with Gasteiger partial charge >= 0.3 is 6.11 Å². The lowest BCUT2D eigenvalue weighted by molar-refractivity contribution is -0.224. The van der Waals surface area contributed by atoms with Crippen LogP contribution in [0.15, 0.2) is 42.5 Å². The van der Waals surface area contributed by atoms with Gasteiger partial charge in [0.05, 0.1) is 19.1 Å². The second-order valence-corrected chi connectivity index (χ2v) is 12.9. The molecule has 41 heavy (non-hydrogen) atoms. The average Bonchev–Trinajstić information content (AvgIpc) is 2.99. The quantitative estimate of drug-likeness (QED) is 0.257. The number of hydrogen-bond donors (Lipinski definition) is 0. The third-order valence-corrected chi connectivity index (χ3v) is 9.92. The fourth-order valence-corrected chi connectivity index (χ4v) is 7.30. The van der Waals surface area contributed by atoms with Crippen molar-refractivity contribution in [2.75, 3.05) is 13.2 Å². The molecule has 0 atom stereocenters. The third-order valence-electron chi connectivity index (χ3n) is 9.67. The Bertz CT molecular complexity index is 1090. The first-order valence-corrected chi connectivity index (χ1v) is 16.0. The van der Waals surface area contributed by atoms with Gasteiger partial charge in [0.1, 0.15) is 11.6 Å². The van der Waals surface area contributed by atoms with Crippen molar-refractivity contribution >= 4 is 11.6 Å². The molecule has 2 aromatic rings. The van der Waals surface area contributed by atoms with E-state index in [1.54, 1.807) is 18.2 Å². The van der Waals surface area contributed by atoms with Crippen LogP contribution >= 0.6 is 11.6 Å². The fourth-order valence-electron chi connectivity index (χ4n) is 7.18. The maximum Gasteiger partial charge on any atom is 0.400 e. The molecule has 0 radical (unpaired) electrons. The van der Waals surface area contributed by atoms with E-state index in [0.29, 0.717) is 48.8 Å². The molecule has 226 valence electrons. The number of ether oxygens (including phenoxy) is 3. The Morgan fingerprint density at radius 1 is 0.854 bits per heavy atom. The maximum atomic E-state index is 15.3. The van der Waals surface area contributed by atoms with E-state index in [9.17, 15) is 8.78 Å². The topological polar surface area (TPSA) is 27.7 Å². The summed E-state index contributed by atoms with van der Waals surface area (Å²) in [5.41, 5.74) is 1.53. The Hall–Kier alpha value is -1.76. The van der Waals surface area contributed by atoms with E-state index in [1.807, 2.05) is 12.1 Å². The zero-order chi connectivity index (χ0) is 28.8. The predicted molar refractivity (Wildman–Crippen MR) is 156 cm³/mol. The Kier molecular flexibility index (Phi) is 10.6. The molecule has 1 heterocycles. The Balaban J connectivity index is 1.07. The van der Waals surface area contributed by atoms with E-state index in [4.69, 9.17) is 25.8 Å². The molecular formula is C34H44ClF3O3. The van der Waals surface area contributed by atoms with E-state index in [0.717, 1.165) is 56.1 Å². The summed E-state index contributed by atoms with van der Waals surface area (Å²) in [5.74, 6) is 0.794. The predicted octanol–water partition coefficient (Wildman–Crippen LogP) is 10.5. The van der Waals surface area contributed by atoms with Crippen LogP contribution in [0, 0.1) is 29.5 Å². The fraction of sp³-hybridized carbons (Fsp3) is 0.647. The van der Waals surface area contributed by atoms with E-state index < -0.39 is 18.3 Å². The van der Waals surface area contributed by atoms with E-state index in [2.05, 4.69) is 6.92 Å². The molecule has 2 saturated carbocycles. The van der Waals surface area contributed by atoms with Crippen molar-refractivity contribution in [2.45, 2.75) is 102 Å². The molecule has 3 nitrogen and oxygen atoms in total. The van der Waals surface area contributed by atoms with Crippen LogP contribution in [0.4, 0.5) is 13.2 Å². The Morgan fingerprint density at radius 2 is 1.49 bits per heavy atom. The zero-order valence-corrected chi connectivity index (χ0v) is 24.9. The molecule has 7 heteroatoms. The van der Waals surface area contributed by atoms with Gasteiger partial charge in [0, 0.05) is 16.5 Å². The Morgan fingerprint density at radius 3 is 2.10 bits per heavy atom. The van der Waals surface area contributed by atoms with Gasteiger partial charge in [-0.25, -0.2) is 4.39 Å². The van der Waals surface area contributed by atoms with Crippen LogP contribution in [0.1, 0.15) is 107 Å². The molecule has 0 spiro atoms. The van der Waals surface area contributed by atoms with Crippen LogP contribution in [-0.2, 0) is 9.47 Å². The lowest BCUT2D eigenvalue weighted by Crippen LogP contribution is -2.38. The van der Waals surface area contributed by atoms with Crippen LogP contribution < -0.4 is 4.74 Å². The molecule has 3 aliphatic rings. The molecule has 1 saturated heterocycles. The van der Waals surface area contributed by atoms with Gasteiger partial charge in [-0.3, -0.25) is 0 Å². The van der Waals surface area contributed by atoms with Gasteiger partial charge in [-0.2, -0.15) is 8.78 Å². The summed E-state index contributed by atoms with van der Waals surface area (Å²) in [5, 5.41) is 0.491. The number of unbranched alkanes of at least 4 members (excludes halogenated alkanes) is 2. The smallest absolute Gasteiger partial charge is 0.400 e. The second-order valence-electron chi connectivity index (χ2n) is 12.5. The number of rotatable bonds is 10. The molecule has 1 aliphatic heterocycles. The van der Waals surface area contributed by atoms with Crippen molar-refractivity contribution in [2.24, 2.45) is 23.7 Å². The normalized spacial score (nSPS) is 29.3. The minimum Gasteiger partial charge on any atom is -0.432 e. The summed E-state index contributed by atoms with van der Waals surface area (Å²) in [6.45, 7) is 3.53. The van der Waals surface area contributed by atoms with Gasteiger partial charge in [0.2, 0.25) is 0 Å². The summed E-state index contributed by atoms with van der Waals surface area (Å²) >= 11 is 5.86. The first-order valence-electron chi connectivity index (χ1n) is 15.7. The van der Waals surface area contributed by atoms with Crippen molar-refractivity contribution in [3.8, 4) is 5.75 Å². The minimum absolute atomic E-state index is 0.144. The minimum atomic E-state index is -3.19. The molecule has 0 aromatic heterocycles. The van der Waals surface area contributed by atoms with Crippen LogP contribution in [0.3, 0.4) is 0 Å². The summed E-state index contributed by atoms with van der Waals surface area (Å²) in [6.07, 6.45) is 7.50. The summed E-state index contributed by atoms with van der Waals surface area (Å²) in [4.78, 5) is 0. The van der Waals surface area contributed by atoms with Gasteiger partial charge in [-0.05, 0) is 111 Å². The summed E-state index contributed by atoms with van der Waals surface area (Å²) < 4.78 is 61.9. The summed E-state index contributed by atoms with van der Waals surface area (Å²) in [6, 6.07) is 11.6. The van der Waals surface area contributed by atoms with Crippen molar-refractivity contribution < 1.29 is 27.4 Å². The number of alkyl halides is 2. The number of benzene rings is 2. The highest BCUT2D eigenvalue weighted by atomic mass is 35.5. The number of halogens is 4. The molecule has 0 bridgehead atoms. The zero-order valence-electron chi connectivity index (χ0n) is 24.1. The molecule has 0 N–H and O–H groups in total. The molecule has 0 amide bonds. The van der Waals surface area contributed by atoms with Gasteiger partial charge in [-0.1, -0.05) is 49.9 Å². The van der Waals surface area contributed by atoms with E-state index >= 15 is 4.39 Å². The molecule has 5 rings (SSSR count). The van der Waals surface area contributed by atoms with Crippen LogP contribution in [0.5, 0.6) is 5.75 Å².